The maximum absolute atomic E-state index is 12.5. The van der Waals surface area contributed by atoms with Gasteiger partial charge in [0, 0.05) is 3.57 Å². The third-order valence-electron chi connectivity index (χ3n) is 3.40. The molecule has 22 heavy (non-hydrogen) atoms. The molecule has 0 saturated carbocycles. The van der Waals surface area contributed by atoms with Crippen LogP contribution in [0, 0.1) is 10.5 Å². The van der Waals surface area contributed by atoms with Crippen LogP contribution in [-0.4, -0.2) is 8.42 Å². The smallest absolute Gasteiger partial charge is 0.261 e. The minimum Gasteiger partial charge on any atom is -0.279 e. The Hall–Kier alpha value is -1.08. The molecule has 0 radical (unpaired) electrons. The molecule has 0 atom stereocenters. The van der Waals surface area contributed by atoms with E-state index in [1.165, 1.54) is 0 Å². The third kappa shape index (κ3) is 4.01. The molecule has 2 rings (SSSR count). The van der Waals surface area contributed by atoms with E-state index in [-0.39, 0.29) is 10.3 Å². The second kappa shape index (κ2) is 6.20. The average Bonchev–Trinajstić information content (AvgIpc) is 2.41. The van der Waals surface area contributed by atoms with Gasteiger partial charge in [-0.05, 0) is 70.3 Å². The van der Waals surface area contributed by atoms with E-state index >= 15 is 0 Å². The molecule has 0 aliphatic heterocycles. The highest BCUT2D eigenvalue weighted by atomic mass is 127. The third-order valence-corrected chi connectivity index (χ3v) is 5.67. The first-order chi connectivity index (χ1) is 10.1. The van der Waals surface area contributed by atoms with Gasteiger partial charge >= 0.3 is 0 Å². The quantitative estimate of drug-likeness (QED) is 0.720. The highest BCUT2D eigenvalue weighted by molar-refractivity contribution is 14.1. The molecule has 0 spiro atoms. The number of nitrogens with one attached hydrogen (secondary N) is 1. The first-order valence-corrected chi connectivity index (χ1v) is 9.55. The zero-order valence-corrected chi connectivity index (χ0v) is 16.1. The van der Waals surface area contributed by atoms with E-state index in [1.54, 1.807) is 18.2 Å². The first kappa shape index (κ1) is 17.3. The lowest BCUT2D eigenvalue weighted by molar-refractivity contribution is 0.587. The van der Waals surface area contributed by atoms with Crippen LogP contribution in [-0.2, 0) is 15.4 Å². The van der Waals surface area contributed by atoms with E-state index in [1.807, 2.05) is 31.2 Å². The van der Waals surface area contributed by atoms with Crippen LogP contribution in [0.25, 0.3) is 0 Å². The fourth-order valence-corrected chi connectivity index (χ4v) is 4.11. The van der Waals surface area contributed by atoms with Crippen molar-refractivity contribution in [2.75, 3.05) is 4.72 Å². The van der Waals surface area contributed by atoms with Crippen molar-refractivity contribution < 1.29 is 8.42 Å². The minimum absolute atomic E-state index is 0.00204. The normalized spacial score (nSPS) is 12.2. The summed E-state index contributed by atoms with van der Waals surface area (Å²) in [5.41, 5.74) is 2.81. The molecule has 3 nitrogen and oxygen atoms in total. The zero-order chi connectivity index (χ0) is 16.5. The number of aryl methyl sites for hydroxylation is 1. The van der Waals surface area contributed by atoms with Crippen molar-refractivity contribution in [3.8, 4) is 0 Å². The van der Waals surface area contributed by atoms with Crippen molar-refractivity contribution >= 4 is 38.3 Å². The Morgan fingerprint density at radius 2 is 1.59 bits per heavy atom. The van der Waals surface area contributed by atoms with Crippen LogP contribution in [0.4, 0.5) is 5.69 Å². The fourth-order valence-electron chi connectivity index (χ4n) is 2.04. The summed E-state index contributed by atoms with van der Waals surface area (Å²) in [6.45, 7) is 8.28. The van der Waals surface area contributed by atoms with Crippen molar-refractivity contribution in [1.29, 1.82) is 0 Å². The van der Waals surface area contributed by atoms with Crippen LogP contribution >= 0.6 is 22.6 Å². The van der Waals surface area contributed by atoms with Gasteiger partial charge in [-0.3, -0.25) is 4.72 Å². The SMILES string of the molecule is Cc1ccc(NS(=O)(=O)c2ccc(C(C)(C)C)cc2)c(I)c1. The molecular formula is C17H20INO2S. The summed E-state index contributed by atoms with van der Waals surface area (Å²) in [7, 11) is -3.57. The lowest BCUT2D eigenvalue weighted by Crippen LogP contribution is -2.15. The Morgan fingerprint density at radius 3 is 2.09 bits per heavy atom. The summed E-state index contributed by atoms with van der Waals surface area (Å²) < 4.78 is 28.5. The van der Waals surface area contributed by atoms with Crippen LogP contribution in [0.2, 0.25) is 0 Å². The molecule has 0 bridgehead atoms. The van der Waals surface area contributed by atoms with E-state index in [0.717, 1.165) is 14.7 Å². The summed E-state index contributed by atoms with van der Waals surface area (Å²) in [5.74, 6) is 0. The highest BCUT2D eigenvalue weighted by Gasteiger charge is 2.18. The number of hydrogen-bond acceptors (Lipinski definition) is 2. The number of hydrogen-bond donors (Lipinski definition) is 1. The fraction of sp³-hybridized carbons (Fsp3) is 0.294. The van der Waals surface area contributed by atoms with Gasteiger partial charge < -0.3 is 0 Å². The monoisotopic (exact) mass is 429 g/mol. The molecule has 2 aromatic rings. The van der Waals surface area contributed by atoms with Gasteiger partial charge in [0.1, 0.15) is 0 Å². The number of rotatable bonds is 3. The topological polar surface area (TPSA) is 46.2 Å². The Kier molecular flexibility index (Phi) is 4.87. The zero-order valence-electron chi connectivity index (χ0n) is 13.1. The molecule has 118 valence electrons. The molecule has 0 aliphatic carbocycles. The van der Waals surface area contributed by atoms with Crippen molar-refractivity contribution in [1.82, 2.24) is 0 Å². The maximum atomic E-state index is 12.5. The van der Waals surface area contributed by atoms with Gasteiger partial charge in [0.25, 0.3) is 10.0 Å². The maximum Gasteiger partial charge on any atom is 0.261 e. The minimum atomic E-state index is -3.57. The average molecular weight is 429 g/mol. The van der Waals surface area contributed by atoms with E-state index in [4.69, 9.17) is 0 Å². The van der Waals surface area contributed by atoms with Crippen LogP contribution in [0.3, 0.4) is 0 Å². The van der Waals surface area contributed by atoms with Crippen molar-refractivity contribution in [2.24, 2.45) is 0 Å². The molecular weight excluding hydrogens is 409 g/mol. The summed E-state index contributed by atoms with van der Waals surface area (Å²) in [4.78, 5) is 0.275. The molecule has 0 fully saturated rings. The van der Waals surface area contributed by atoms with Crippen molar-refractivity contribution in [2.45, 2.75) is 38.0 Å². The van der Waals surface area contributed by atoms with Gasteiger partial charge in [0.15, 0.2) is 0 Å². The van der Waals surface area contributed by atoms with Crippen LogP contribution < -0.4 is 4.72 Å². The predicted octanol–water partition coefficient (Wildman–Crippen LogP) is 4.70. The Morgan fingerprint density at radius 1 is 1.00 bits per heavy atom. The largest absolute Gasteiger partial charge is 0.279 e. The van der Waals surface area contributed by atoms with Gasteiger partial charge in [0.05, 0.1) is 10.6 Å². The van der Waals surface area contributed by atoms with E-state index in [2.05, 4.69) is 48.1 Å². The molecule has 0 unspecified atom stereocenters. The number of benzene rings is 2. The summed E-state index contributed by atoms with van der Waals surface area (Å²) in [5, 5.41) is 0. The highest BCUT2D eigenvalue weighted by Crippen LogP contribution is 2.26. The van der Waals surface area contributed by atoms with Gasteiger partial charge in [-0.2, -0.15) is 0 Å². The number of sulfonamides is 1. The van der Waals surface area contributed by atoms with Crippen LogP contribution in [0.5, 0.6) is 0 Å². The number of anilines is 1. The Bertz CT molecular complexity index is 775. The van der Waals surface area contributed by atoms with Gasteiger partial charge in [-0.1, -0.05) is 39.0 Å². The summed E-state index contributed by atoms with van der Waals surface area (Å²) in [6, 6.07) is 12.7. The van der Waals surface area contributed by atoms with Gasteiger partial charge in [-0.15, -0.1) is 0 Å². The molecule has 0 saturated heterocycles. The van der Waals surface area contributed by atoms with E-state index < -0.39 is 10.0 Å². The second-order valence-corrected chi connectivity index (χ2v) is 9.21. The number of halogens is 1. The van der Waals surface area contributed by atoms with Crippen molar-refractivity contribution in [3.63, 3.8) is 0 Å². The van der Waals surface area contributed by atoms with Gasteiger partial charge in [0.2, 0.25) is 0 Å². The van der Waals surface area contributed by atoms with Crippen molar-refractivity contribution in [3.05, 3.63) is 57.2 Å². The standard InChI is InChI=1S/C17H20INO2S/c1-12-5-10-16(15(18)11-12)19-22(20,21)14-8-6-13(7-9-14)17(2,3)4/h5-11,19H,1-4H3. The summed E-state index contributed by atoms with van der Waals surface area (Å²) in [6.07, 6.45) is 0. The lowest BCUT2D eigenvalue weighted by atomic mass is 9.87. The Labute approximate surface area is 146 Å². The molecule has 1 N–H and O–H groups in total. The molecule has 0 aromatic heterocycles. The van der Waals surface area contributed by atoms with E-state index in [0.29, 0.717) is 5.69 Å². The molecule has 0 aliphatic rings. The van der Waals surface area contributed by atoms with Crippen LogP contribution in [0.15, 0.2) is 47.4 Å². The lowest BCUT2D eigenvalue weighted by Gasteiger charge is -2.19. The molecule has 5 heteroatoms. The Balaban J connectivity index is 2.31. The molecule has 2 aromatic carbocycles. The molecule has 0 heterocycles. The van der Waals surface area contributed by atoms with Crippen LogP contribution in [0.1, 0.15) is 31.9 Å². The molecule has 0 amide bonds. The first-order valence-electron chi connectivity index (χ1n) is 6.99. The summed E-state index contributed by atoms with van der Waals surface area (Å²) >= 11 is 2.13. The second-order valence-electron chi connectivity index (χ2n) is 6.36. The predicted molar refractivity (Wildman–Crippen MR) is 99.8 cm³/mol. The van der Waals surface area contributed by atoms with Gasteiger partial charge in [-0.25, -0.2) is 8.42 Å². The van der Waals surface area contributed by atoms with E-state index in [9.17, 15) is 8.42 Å².